The van der Waals surface area contributed by atoms with Gasteiger partial charge in [0.2, 0.25) is 0 Å². The molecule has 0 aliphatic carbocycles. The lowest BCUT2D eigenvalue weighted by molar-refractivity contribution is 0.533. The minimum absolute atomic E-state index is 0.345. The average Bonchev–Trinajstić information content (AvgIpc) is 2.39. The molecule has 0 aromatic carbocycles. The fourth-order valence-corrected chi connectivity index (χ4v) is 2.76. The van der Waals surface area contributed by atoms with Crippen molar-refractivity contribution >= 4 is 12.6 Å². The number of unbranched alkanes of at least 4 members (excludes halogenated alkanes) is 13. The predicted molar refractivity (Wildman–Crippen MR) is 93.1 cm³/mol. The standard InChI is InChI=1S/C18H37S/c1-3-4-5-6-7-8-9-10-11-12-13-14-15-16-17-18(2)19/h18-19H,2-17H2,1H3. The van der Waals surface area contributed by atoms with E-state index >= 15 is 0 Å². The van der Waals surface area contributed by atoms with Crippen LogP contribution >= 0.6 is 12.6 Å². The third kappa shape index (κ3) is 18.4. The van der Waals surface area contributed by atoms with Crippen molar-refractivity contribution in [2.24, 2.45) is 0 Å². The lowest BCUT2D eigenvalue weighted by atomic mass is 10.0. The Kier molecular flexibility index (Phi) is 16.7. The predicted octanol–water partition coefficient (Wildman–Crippen LogP) is 6.99. The molecule has 0 nitrogen and oxygen atoms in total. The fourth-order valence-electron chi connectivity index (χ4n) is 2.57. The molecule has 0 fully saturated rings. The maximum absolute atomic E-state index is 4.30. The molecule has 115 valence electrons. The van der Waals surface area contributed by atoms with Gasteiger partial charge in [0, 0.05) is 5.25 Å². The van der Waals surface area contributed by atoms with E-state index in [9.17, 15) is 0 Å². The van der Waals surface area contributed by atoms with E-state index in [1.165, 1.54) is 96.3 Å². The van der Waals surface area contributed by atoms with Gasteiger partial charge in [-0.3, -0.25) is 0 Å². The number of rotatable bonds is 15. The van der Waals surface area contributed by atoms with Crippen molar-refractivity contribution in [3.8, 4) is 0 Å². The maximum atomic E-state index is 4.30. The lowest BCUT2D eigenvalue weighted by Gasteiger charge is -2.04. The molecule has 19 heavy (non-hydrogen) atoms. The molecule has 0 aromatic rings. The van der Waals surface area contributed by atoms with Crippen LogP contribution < -0.4 is 0 Å². The molecule has 0 N–H and O–H groups in total. The van der Waals surface area contributed by atoms with Gasteiger partial charge in [-0.05, 0) is 13.3 Å². The number of hydrogen-bond acceptors (Lipinski definition) is 1. The first kappa shape index (κ1) is 19.4. The third-order valence-corrected chi connectivity index (χ3v) is 4.15. The van der Waals surface area contributed by atoms with Crippen molar-refractivity contribution in [2.45, 2.75) is 108 Å². The van der Waals surface area contributed by atoms with E-state index < -0.39 is 0 Å². The maximum Gasteiger partial charge on any atom is 0.00172 e. The fraction of sp³-hybridized carbons (Fsp3) is 0.944. The molecule has 0 rings (SSSR count). The van der Waals surface area contributed by atoms with E-state index in [1.807, 2.05) is 0 Å². The van der Waals surface area contributed by atoms with Gasteiger partial charge in [-0.2, -0.15) is 12.6 Å². The largest absolute Gasteiger partial charge is 0.176 e. The zero-order chi connectivity index (χ0) is 14.2. The smallest absolute Gasteiger partial charge is 0.00172 e. The molecule has 1 unspecified atom stereocenters. The molecule has 0 amide bonds. The Morgan fingerprint density at radius 2 is 0.947 bits per heavy atom. The van der Waals surface area contributed by atoms with Crippen LogP contribution in [0.25, 0.3) is 0 Å². The van der Waals surface area contributed by atoms with E-state index in [-0.39, 0.29) is 0 Å². The summed E-state index contributed by atoms with van der Waals surface area (Å²) in [5, 5.41) is 0.345. The van der Waals surface area contributed by atoms with Crippen LogP contribution in [0.4, 0.5) is 0 Å². The third-order valence-electron chi connectivity index (χ3n) is 3.89. The summed E-state index contributed by atoms with van der Waals surface area (Å²) in [5.41, 5.74) is 0. The summed E-state index contributed by atoms with van der Waals surface area (Å²) in [5.74, 6) is 0. The molecule has 0 saturated heterocycles. The molecule has 0 aliphatic rings. The van der Waals surface area contributed by atoms with Crippen LogP contribution in [0.1, 0.15) is 103 Å². The van der Waals surface area contributed by atoms with Gasteiger partial charge in [0.1, 0.15) is 0 Å². The minimum Gasteiger partial charge on any atom is -0.176 e. The van der Waals surface area contributed by atoms with Crippen LogP contribution in [0.5, 0.6) is 0 Å². The topological polar surface area (TPSA) is 0 Å². The molecule has 0 spiro atoms. The van der Waals surface area contributed by atoms with Crippen molar-refractivity contribution in [3.05, 3.63) is 6.92 Å². The van der Waals surface area contributed by atoms with Gasteiger partial charge in [0.25, 0.3) is 0 Å². The second-order valence-electron chi connectivity index (χ2n) is 6.04. The van der Waals surface area contributed by atoms with Gasteiger partial charge in [-0.15, -0.1) is 0 Å². The second kappa shape index (κ2) is 16.4. The Morgan fingerprint density at radius 3 is 1.26 bits per heavy atom. The second-order valence-corrected chi connectivity index (χ2v) is 6.77. The van der Waals surface area contributed by atoms with Gasteiger partial charge in [-0.1, -0.05) is 96.8 Å². The van der Waals surface area contributed by atoms with E-state index in [2.05, 4.69) is 26.5 Å². The minimum atomic E-state index is 0.345. The Bertz CT molecular complexity index is 154. The highest BCUT2D eigenvalue weighted by Gasteiger charge is 1.96. The molecule has 0 saturated carbocycles. The Balaban J connectivity index is 2.91. The van der Waals surface area contributed by atoms with E-state index in [1.54, 1.807) is 0 Å². The van der Waals surface area contributed by atoms with E-state index in [4.69, 9.17) is 0 Å². The summed E-state index contributed by atoms with van der Waals surface area (Å²) in [6.07, 6.45) is 21.2. The molecular weight excluding hydrogens is 248 g/mol. The molecule has 1 heteroatoms. The van der Waals surface area contributed by atoms with Crippen LogP contribution in [-0.4, -0.2) is 5.25 Å². The Labute approximate surface area is 128 Å². The highest BCUT2D eigenvalue weighted by atomic mass is 32.1. The van der Waals surface area contributed by atoms with Gasteiger partial charge in [0.05, 0.1) is 0 Å². The highest BCUT2D eigenvalue weighted by Crippen LogP contribution is 2.14. The van der Waals surface area contributed by atoms with Gasteiger partial charge < -0.3 is 0 Å². The van der Waals surface area contributed by atoms with Crippen LogP contribution in [0.2, 0.25) is 0 Å². The van der Waals surface area contributed by atoms with E-state index in [0.29, 0.717) is 5.25 Å². The summed E-state index contributed by atoms with van der Waals surface area (Å²) >= 11 is 4.30. The van der Waals surface area contributed by atoms with Crippen molar-refractivity contribution in [2.75, 3.05) is 0 Å². The summed E-state index contributed by atoms with van der Waals surface area (Å²) in [4.78, 5) is 0. The SMILES string of the molecule is [CH2]C(S)CCCCCCCCCCCCCCCC. The molecule has 0 aromatic heterocycles. The number of thiol groups is 1. The lowest BCUT2D eigenvalue weighted by Crippen LogP contribution is -1.90. The zero-order valence-electron chi connectivity index (χ0n) is 13.3. The van der Waals surface area contributed by atoms with Crippen molar-refractivity contribution in [1.82, 2.24) is 0 Å². The van der Waals surface area contributed by atoms with Crippen LogP contribution in [0, 0.1) is 6.92 Å². The Hall–Kier alpha value is 0.350. The van der Waals surface area contributed by atoms with Crippen LogP contribution in [-0.2, 0) is 0 Å². The first-order chi connectivity index (χ1) is 9.27. The van der Waals surface area contributed by atoms with Gasteiger partial charge in [-0.25, -0.2) is 0 Å². The normalized spacial score (nSPS) is 12.8. The molecule has 1 radical (unpaired) electrons. The zero-order valence-corrected chi connectivity index (χ0v) is 14.2. The molecule has 0 heterocycles. The average molecular weight is 286 g/mol. The quantitative estimate of drug-likeness (QED) is 0.243. The monoisotopic (exact) mass is 285 g/mol. The summed E-state index contributed by atoms with van der Waals surface area (Å²) in [7, 11) is 0. The molecule has 1 atom stereocenters. The van der Waals surface area contributed by atoms with Crippen molar-refractivity contribution in [1.29, 1.82) is 0 Å². The van der Waals surface area contributed by atoms with Gasteiger partial charge in [0.15, 0.2) is 0 Å². The van der Waals surface area contributed by atoms with Crippen molar-refractivity contribution in [3.63, 3.8) is 0 Å². The van der Waals surface area contributed by atoms with Crippen LogP contribution in [0.3, 0.4) is 0 Å². The Morgan fingerprint density at radius 1 is 0.632 bits per heavy atom. The first-order valence-corrected chi connectivity index (χ1v) is 9.30. The summed E-state index contributed by atoms with van der Waals surface area (Å²) in [6, 6.07) is 0. The van der Waals surface area contributed by atoms with E-state index in [0.717, 1.165) is 0 Å². The van der Waals surface area contributed by atoms with Crippen LogP contribution in [0.15, 0.2) is 0 Å². The highest BCUT2D eigenvalue weighted by molar-refractivity contribution is 7.81. The molecule has 0 bridgehead atoms. The molecule has 0 aliphatic heterocycles. The summed E-state index contributed by atoms with van der Waals surface area (Å²) in [6.45, 7) is 6.19. The molecular formula is C18H37S. The number of hydrogen-bond donors (Lipinski definition) is 1. The van der Waals surface area contributed by atoms with Crippen molar-refractivity contribution < 1.29 is 0 Å². The summed E-state index contributed by atoms with van der Waals surface area (Å²) < 4.78 is 0. The first-order valence-electron chi connectivity index (χ1n) is 8.78. The van der Waals surface area contributed by atoms with Gasteiger partial charge >= 0.3 is 0 Å².